The van der Waals surface area contributed by atoms with Crippen LogP contribution in [0.3, 0.4) is 0 Å². The third-order valence-electron chi connectivity index (χ3n) is 2.20. The molecule has 0 radical (unpaired) electrons. The lowest BCUT2D eigenvalue weighted by atomic mass is 10.2. The van der Waals surface area contributed by atoms with Crippen LogP contribution in [-0.4, -0.2) is 5.75 Å². The highest BCUT2D eigenvalue weighted by atomic mass is 32.2. The molecule has 0 fully saturated rings. The number of rotatable bonds is 4. The minimum Gasteiger partial charge on any atom is -0.122 e. The molecule has 0 atom stereocenters. The van der Waals surface area contributed by atoms with Crippen LogP contribution in [0.5, 0.6) is 0 Å². The molecule has 80 valence electrons. The van der Waals surface area contributed by atoms with E-state index in [0.29, 0.717) is 0 Å². The Morgan fingerprint density at radius 2 is 1.44 bits per heavy atom. The van der Waals surface area contributed by atoms with Crippen LogP contribution in [0.1, 0.15) is 5.56 Å². The molecular weight excluding hydrogens is 212 g/mol. The van der Waals surface area contributed by atoms with E-state index in [1.54, 1.807) is 0 Å². The average Bonchev–Trinajstić information content (AvgIpc) is 2.37. The molecule has 2 rings (SSSR count). The van der Waals surface area contributed by atoms with E-state index in [0.717, 1.165) is 5.75 Å². The molecule has 0 aliphatic rings. The monoisotopic (exact) mass is 226 g/mol. The first-order chi connectivity index (χ1) is 7.95. The molecule has 0 nitrogen and oxygen atoms in total. The molecule has 0 spiro atoms. The van der Waals surface area contributed by atoms with E-state index in [2.05, 4.69) is 60.7 Å². The van der Waals surface area contributed by atoms with Gasteiger partial charge < -0.3 is 0 Å². The van der Waals surface area contributed by atoms with Gasteiger partial charge in [0.25, 0.3) is 0 Å². The van der Waals surface area contributed by atoms with E-state index in [1.807, 2.05) is 23.9 Å². The zero-order valence-electron chi connectivity index (χ0n) is 9.04. The zero-order valence-corrected chi connectivity index (χ0v) is 9.86. The fourth-order valence-electron chi connectivity index (χ4n) is 1.41. The SMILES string of the molecule is C(=C\c1ccccc1)/CSc1ccccc1. The third-order valence-corrected chi connectivity index (χ3v) is 3.16. The fraction of sp³-hybridized carbons (Fsp3) is 0.0667. The van der Waals surface area contributed by atoms with Gasteiger partial charge in [-0.1, -0.05) is 60.7 Å². The van der Waals surface area contributed by atoms with Gasteiger partial charge in [-0.2, -0.15) is 0 Å². The highest BCUT2D eigenvalue weighted by molar-refractivity contribution is 7.99. The molecule has 16 heavy (non-hydrogen) atoms. The quantitative estimate of drug-likeness (QED) is 0.692. The summed E-state index contributed by atoms with van der Waals surface area (Å²) in [5.41, 5.74) is 1.26. The van der Waals surface area contributed by atoms with Crippen molar-refractivity contribution in [3.8, 4) is 0 Å². The van der Waals surface area contributed by atoms with E-state index in [4.69, 9.17) is 0 Å². The number of hydrogen-bond donors (Lipinski definition) is 0. The van der Waals surface area contributed by atoms with Gasteiger partial charge in [-0.25, -0.2) is 0 Å². The maximum Gasteiger partial charge on any atom is 0.0164 e. The van der Waals surface area contributed by atoms with Crippen molar-refractivity contribution in [3.63, 3.8) is 0 Å². The van der Waals surface area contributed by atoms with E-state index >= 15 is 0 Å². The van der Waals surface area contributed by atoms with Crippen LogP contribution < -0.4 is 0 Å². The summed E-state index contributed by atoms with van der Waals surface area (Å²) in [5, 5.41) is 0. The maximum absolute atomic E-state index is 2.20. The lowest BCUT2D eigenvalue weighted by molar-refractivity contribution is 1.46. The van der Waals surface area contributed by atoms with Crippen LogP contribution in [0.15, 0.2) is 71.6 Å². The van der Waals surface area contributed by atoms with Gasteiger partial charge in [0.1, 0.15) is 0 Å². The van der Waals surface area contributed by atoms with Crippen molar-refractivity contribution in [2.75, 3.05) is 5.75 Å². The number of benzene rings is 2. The van der Waals surface area contributed by atoms with Crippen LogP contribution in [0.2, 0.25) is 0 Å². The van der Waals surface area contributed by atoms with Crippen molar-refractivity contribution in [3.05, 3.63) is 72.3 Å². The van der Waals surface area contributed by atoms with Crippen molar-refractivity contribution in [1.29, 1.82) is 0 Å². The molecule has 0 heterocycles. The van der Waals surface area contributed by atoms with Gasteiger partial charge in [0.15, 0.2) is 0 Å². The zero-order chi connectivity index (χ0) is 11.1. The average molecular weight is 226 g/mol. The van der Waals surface area contributed by atoms with Crippen LogP contribution in [0.4, 0.5) is 0 Å². The lowest BCUT2D eigenvalue weighted by Crippen LogP contribution is -1.73. The maximum atomic E-state index is 2.20. The van der Waals surface area contributed by atoms with Gasteiger partial charge in [0.05, 0.1) is 0 Å². The van der Waals surface area contributed by atoms with Crippen molar-refractivity contribution in [2.24, 2.45) is 0 Å². The molecule has 0 amide bonds. The smallest absolute Gasteiger partial charge is 0.0164 e. The first-order valence-corrected chi connectivity index (χ1v) is 6.33. The van der Waals surface area contributed by atoms with Crippen molar-refractivity contribution in [2.45, 2.75) is 4.90 Å². The van der Waals surface area contributed by atoms with Crippen LogP contribution in [0.25, 0.3) is 6.08 Å². The predicted octanol–water partition coefficient (Wildman–Crippen LogP) is 4.49. The summed E-state index contributed by atoms with van der Waals surface area (Å²) in [7, 11) is 0. The Kier molecular flexibility index (Phi) is 4.26. The largest absolute Gasteiger partial charge is 0.122 e. The molecule has 2 aromatic carbocycles. The molecule has 0 saturated carbocycles. The van der Waals surface area contributed by atoms with Crippen LogP contribution in [-0.2, 0) is 0 Å². The lowest BCUT2D eigenvalue weighted by Gasteiger charge is -1.96. The van der Waals surface area contributed by atoms with Gasteiger partial charge in [-0.3, -0.25) is 0 Å². The van der Waals surface area contributed by atoms with E-state index in [-0.39, 0.29) is 0 Å². The summed E-state index contributed by atoms with van der Waals surface area (Å²) < 4.78 is 0. The Morgan fingerprint density at radius 1 is 0.812 bits per heavy atom. The minimum absolute atomic E-state index is 1.01. The summed E-state index contributed by atoms with van der Waals surface area (Å²) in [6, 6.07) is 20.9. The second kappa shape index (κ2) is 6.19. The van der Waals surface area contributed by atoms with E-state index in [1.165, 1.54) is 10.5 Å². The summed E-state index contributed by atoms with van der Waals surface area (Å²) in [4.78, 5) is 1.32. The van der Waals surface area contributed by atoms with Crippen molar-refractivity contribution < 1.29 is 0 Å². The molecule has 0 bridgehead atoms. The Hall–Kier alpha value is -1.47. The van der Waals surface area contributed by atoms with E-state index in [9.17, 15) is 0 Å². The van der Waals surface area contributed by atoms with Gasteiger partial charge in [0.2, 0.25) is 0 Å². The van der Waals surface area contributed by atoms with Crippen LogP contribution in [0, 0.1) is 0 Å². The Morgan fingerprint density at radius 3 is 2.12 bits per heavy atom. The molecule has 2 aromatic rings. The number of hydrogen-bond acceptors (Lipinski definition) is 1. The van der Waals surface area contributed by atoms with Crippen molar-refractivity contribution >= 4 is 17.8 Å². The molecule has 0 aromatic heterocycles. The Balaban J connectivity index is 1.83. The molecule has 0 unspecified atom stereocenters. The second-order valence-corrected chi connectivity index (χ2v) is 4.53. The third kappa shape index (κ3) is 3.59. The second-order valence-electron chi connectivity index (χ2n) is 3.44. The molecule has 1 heteroatoms. The van der Waals surface area contributed by atoms with Gasteiger partial charge in [-0.05, 0) is 17.7 Å². The van der Waals surface area contributed by atoms with Crippen LogP contribution >= 0.6 is 11.8 Å². The molecular formula is C15H14S. The first kappa shape index (κ1) is 11.0. The topological polar surface area (TPSA) is 0 Å². The minimum atomic E-state index is 1.01. The highest BCUT2D eigenvalue weighted by Gasteiger charge is 1.88. The van der Waals surface area contributed by atoms with Crippen molar-refractivity contribution in [1.82, 2.24) is 0 Å². The summed E-state index contributed by atoms with van der Waals surface area (Å²) in [6.45, 7) is 0. The summed E-state index contributed by atoms with van der Waals surface area (Å²) in [6.07, 6.45) is 4.36. The summed E-state index contributed by atoms with van der Waals surface area (Å²) in [5.74, 6) is 1.01. The molecule has 0 saturated heterocycles. The van der Waals surface area contributed by atoms with E-state index < -0.39 is 0 Å². The first-order valence-electron chi connectivity index (χ1n) is 5.34. The van der Waals surface area contributed by atoms with Gasteiger partial charge in [0, 0.05) is 10.6 Å². The molecule has 0 N–H and O–H groups in total. The number of thioether (sulfide) groups is 1. The Bertz CT molecular complexity index is 432. The van der Waals surface area contributed by atoms with Gasteiger partial charge >= 0.3 is 0 Å². The normalized spacial score (nSPS) is 10.8. The fourth-order valence-corrected chi connectivity index (χ4v) is 2.14. The molecule has 0 aliphatic carbocycles. The molecule has 0 aliphatic heterocycles. The van der Waals surface area contributed by atoms with Gasteiger partial charge in [-0.15, -0.1) is 11.8 Å². The summed E-state index contributed by atoms with van der Waals surface area (Å²) >= 11 is 1.85. The predicted molar refractivity (Wildman–Crippen MR) is 72.6 cm³/mol. The standard InChI is InChI=1S/C15H14S/c1-3-8-14(9-4-1)10-7-13-16-15-11-5-2-6-12-15/h1-12H,13H2/b10-7+. The Labute approximate surface area is 101 Å². The highest BCUT2D eigenvalue weighted by Crippen LogP contribution is 2.17.